The molecule has 1 aromatic rings. The Balaban J connectivity index is 1.94. The van der Waals surface area contributed by atoms with Crippen molar-refractivity contribution in [3.05, 3.63) is 29.6 Å². The van der Waals surface area contributed by atoms with Gasteiger partial charge in [-0.2, -0.15) is 0 Å². The van der Waals surface area contributed by atoms with Crippen molar-refractivity contribution in [1.82, 2.24) is 15.2 Å². The predicted octanol–water partition coefficient (Wildman–Crippen LogP) is 3.45. The van der Waals surface area contributed by atoms with Gasteiger partial charge in [0.1, 0.15) is 0 Å². The third-order valence-electron chi connectivity index (χ3n) is 3.99. The second kappa shape index (κ2) is 6.89. The Kier molecular flexibility index (Phi) is 5.39. The summed E-state index contributed by atoms with van der Waals surface area (Å²) in [6.07, 6.45) is 1.36. The van der Waals surface area contributed by atoms with Gasteiger partial charge >= 0.3 is 0 Å². The molecule has 1 fully saturated rings. The zero-order valence-electron chi connectivity index (χ0n) is 14.3. The molecule has 1 saturated heterocycles. The Morgan fingerprint density at radius 1 is 1.14 bits per heavy atom. The van der Waals surface area contributed by atoms with Crippen LogP contribution >= 0.6 is 0 Å². The first-order valence-corrected chi connectivity index (χ1v) is 8.24. The van der Waals surface area contributed by atoms with E-state index in [0.717, 1.165) is 30.6 Å². The van der Waals surface area contributed by atoms with Crippen molar-refractivity contribution in [2.75, 3.05) is 13.1 Å². The number of aromatic nitrogens is 1. The molecule has 2 unspecified atom stereocenters. The number of pyridine rings is 1. The number of rotatable bonds is 4. The van der Waals surface area contributed by atoms with E-state index in [1.165, 1.54) is 25.2 Å². The van der Waals surface area contributed by atoms with Crippen LogP contribution in [0.2, 0.25) is 0 Å². The summed E-state index contributed by atoms with van der Waals surface area (Å²) in [5, 5.41) is 3.51. The Labute approximate surface area is 130 Å². The lowest BCUT2D eigenvalue weighted by molar-refractivity contribution is 0.133. The van der Waals surface area contributed by atoms with Gasteiger partial charge < -0.3 is 5.32 Å². The number of piperidine rings is 1. The van der Waals surface area contributed by atoms with E-state index in [-0.39, 0.29) is 5.54 Å². The third-order valence-corrected chi connectivity index (χ3v) is 3.99. The number of likely N-dealkylation sites (tertiary alicyclic amines) is 1. The van der Waals surface area contributed by atoms with Gasteiger partial charge in [0.2, 0.25) is 0 Å². The van der Waals surface area contributed by atoms with Gasteiger partial charge in [-0.25, -0.2) is 0 Å². The molecule has 118 valence electrons. The maximum Gasteiger partial charge on any atom is 0.0547 e. The summed E-state index contributed by atoms with van der Waals surface area (Å²) in [6, 6.07) is 6.41. The summed E-state index contributed by atoms with van der Waals surface area (Å²) < 4.78 is 0. The topological polar surface area (TPSA) is 28.2 Å². The summed E-state index contributed by atoms with van der Waals surface area (Å²) >= 11 is 0. The van der Waals surface area contributed by atoms with Crippen molar-refractivity contribution in [3.63, 3.8) is 0 Å². The third kappa shape index (κ3) is 5.76. The molecule has 2 heterocycles. The Morgan fingerprint density at radius 3 is 2.38 bits per heavy atom. The number of hydrogen-bond acceptors (Lipinski definition) is 3. The lowest BCUT2D eigenvalue weighted by atomic mass is 9.92. The van der Waals surface area contributed by atoms with Gasteiger partial charge in [-0.15, -0.1) is 0 Å². The van der Waals surface area contributed by atoms with E-state index in [9.17, 15) is 0 Å². The average molecular weight is 289 g/mol. The Hall–Kier alpha value is -0.930. The molecule has 1 N–H and O–H groups in total. The zero-order chi connectivity index (χ0) is 15.5. The average Bonchev–Trinajstić information content (AvgIpc) is 2.35. The maximum absolute atomic E-state index is 4.82. The van der Waals surface area contributed by atoms with E-state index in [4.69, 9.17) is 4.98 Å². The van der Waals surface area contributed by atoms with Gasteiger partial charge in [0, 0.05) is 31.7 Å². The van der Waals surface area contributed by atoms with E-state index in [2.05, 4.69) is 63.0 Å². The van der Waals surface area contributed by atoms with Gasteiger partial charge in [0.15, 0.2) is 0 Å². The molecule has 0 aliphatic carbocycles. The highest BCUT2D eigenvalue weighted by molar-refractivity contribution is 5.11. The molecule has 0 aromatic carbocycles. The fourth-order valence-electron chi connectivity index (χ4n) is 3.22. The van der Waals surface area contributed by atoms with E-state index >= 15 is 0 Å². The summed E-state index contributed by atoms with van der Waals surface area (Å²) in [5.41, 5.74) is 2.47. The van der Waals surface area contributed by atoms with Crippen LogP contribution < -0.4 is 5.32 Å². The summed E-state index contributed by atoms with van der Waals surface area (Å²) in [5.74, 6) is 1.61. The van der Waals surface area contributed by atoms with Crippen LogP contribution in [0.3, 0.4) is 0 Å². The Bertz CT molecular complexity index is 440. The minimum absolute atomic E-state index is 0.134. The van der Waals surface area contributed by atoms with Crippen LogP contribution in [-0.2, 0) is 13.1 Å². The van der Waals surface area contributed by atoms with E-state index < -0.39 is 0 Å². The minimum atomic E-state index is 0.134. The second-order valence-electron chi connectivity index (χ2n) is 7.86. The number of nitrogens with zero attached hydrogens (tertiary/aromatic N) is 2. The quantitative estimate of drug-likeness (QED) is 0.920. The highest BCUT2D eigenvalue weighted by Gasteiger charge is 2.22. The van der Waals surface area contributed by atoms with E-state index in [0.29, 0.717) is 0 Å². The highest BCUT2D eigenvalue weighted by atomic mass is 15.1. The molecule has 1 aromatic heterocycles. The smallest absolute Gasteiger partial charge is 0.0547 e. The predicted molar refractivity (Wildman–Crippen MR) is 89.1 cm³/mol. The minimum Gasteiger partial charge on any atom is -0.306 e. The standard InChI is InChI=1S/C18H31N3/c1-14-9-15(2)12-21(11-14)13-17-8-6-7-16(20-17)10-19-18(3,4)5/h6-8,14-15,19H,9-13H2,1-5H3. The van der Waals surface area contributed by atoms with Gasteiger partial charge in [0.05, 0.1) is 11.4 Å². The van der Waals surface area contributed by atoms with E-state index in [1.807, 2.05) is 0 Å². The first-order chi connectivity index (χ1) is 9.82. The Morgan fingerprint density at radius 2 is 1.76 bits per heavy atom. The molecule has 1 aliphatic heterocycles. The molecule has 2 rings (SSSR count). The van der Waals surface area contributed by atoms with Crippen LogP contribution in [0.4, 0.5) is 0 Å². The molecule has 0 spiro atoms. The fraction of sp³-hybridized carbons (Fsp3) is 0.722. The summed E-state index contributed by atoms with van der Waals surface area (Å²) in [4.78, 5) is 7.37. The molecule has 0 bridgehead atoms. The van der Waals surface area contributed by atoms with Crippen LogP contribution in [-0.4, -0.2) is 28.5 Å². The zero-order valence-corrected chi connectivity index (χ0v) is 14.3. The summed E-state index contributed by atoms with van der Waals surface area (Å²) in [7, 11) is 0. The lowest BCUT2D eigenvalue weighted by Crippen LogP contribution is -2.38. The first-order valence-electron chi connectivity index (χ1n) is 8.24. The van der Waals surface area contributed by atoms with Gasteiger partial charge in [-0.3, -0.25) is 9.88 Å². The van der Waals surface area contributed by atoms with Crippen molar-refractivity contribution in [2.45, 2.75) is 59.7 Å². The van der Waals surface area contributed by atoms with Crippen LogP contribution in [0.15, 0.2) is 18.2 Å². The normalized spacial score (nSPS) is 24.2. The largest absolute Gasteiger partial charge is 0.306 e. The highest BCUT2D eigenvalue weighted by Crippen LogP contribution is 2.22. The molecule has 3 heteroatoms. The van der Waals surface area contributed by atoms with Crippen molar-refractivity contribution in [1.29, 1.82) is 0 Å². The van der Waals surface area contributed by atoms with Crippen LogP contribution in [0.5, 0.6) is 0 Å². The monoisotopic (exact) mass is 289 g/mol. The van der Waals surface area contributed by atoms with Crippen LogP contribution in [0.25, 0.3) is 0 Å². The molecule has 3 nitrogen and oxygen atoms in total. The fourth-order valence-corrected chi connectivity index (χ4v) is 3.22. The number of nitrogens with one attached hydrogen (secondary N) is 1. The van der Waals surface area contributed by atoms with Gasteiger partial charge in [-0.05, 0) is 51.2 Å². The SMILES string of the molecule is CC1CC(C)CN(Cc2cccc(CNC(C)(C)C)n2)C1. The first kappa shape index (κ1) is 16.4. The lowest BCUT2D eigenvalue weighted by Gasteiger charge is -2.34. The summed E-state index contributed by atoms with van der Waals surface area (Å²) in [6.45, 7) is 15.5. The van der Waals surface area contributed by atoms with Crippen molar-refractivity contribution < 1.29 is 0 Å². The van der Waals surface area contributed by atoms with E-state index in [1.54, 1.807) is 0 Å². The molecule has 1 aliphatic rings. The molecule has 21 heavy (non-hydrogen) atoms. The molecule has 0 radical (unpaired) electrons. The second-order valence-corrected chi connectivity index (χ2v) is 7.86. The van der Waals surface area contributed by atoms with Crippen LogP contribution in [0, 0.1) is 11.8 Å². The maximum atomic E-state index is 4.82. The van der Waals surface area contributed by atoms with Gasteiger partial charge in [0.25, 0.3) is 0 Å². The van der Waals surface area contributed by atoms with Crippen molar-refractivity contribution >= 4 is 0 Å². The number of hydrogen-bond donors (Lipinski definition) is 1. The molecule has 0 saturated carbocycles. The van der Waals surface area contributed by atoms with Crippen molar-refractivity contribution in [3.8, 4) is 0 Å². The molecule has 0 amide bonds. The molecular formula is C18H31N3. The molecule has 2 atom stereocenters. The molecular weight excluding hydrogens is 258 g/mol. The van der Waals surface area contributed by atoms with Gasteiger partial charge in [-0.1, -0.05) is 19.9 Å². The van der Waals surface area contributed by atoms with Crippen molar-refractivity contribution in [2.24, 2.45) is 11.8 Å². The van der Waals surface area contributed by atoms with Crippen LogP contribution in [0.1, 0.15) is 52.4 Å².